The molecule has 0 amide bonds. The van der Waals surface area contributed by atoms with E-state index < -0.39 is 21.5 Å². The lowest BCUT2D eigenvalue weighted by Gasteiger charge is -2.32. The Bertz CT molecular complexity index is 1050. The molecule has 0 radical (unpaired) electrons. The Morgan fingerprint density at radius 3 is 2.93 bits per heavy atom. The molecule has 2 aromatic rings. The molecule has 29 heavy (non-hydrogen) atoms. The number of halogens is 2. The Morgan fingerprint density at radius 1 is 1.38 bits per heavy atom. The lowest BCUT2D eigenvalue weighted by molar-refractivity contribution is 0.00976. The van der Waals surface area contributed by atoms with E-state index in [1.807, 2.05) is 11.0 Å². The van der Waals surface area contributed by atoms with E-state index in [0.29, 0.717) is 18.7 Å². The van der Waals surface area contributed by atoms with E-state index in [4.69, 9.17) is 0 Å². The van der Waals surface area contributed by atoms with Crippen LogP contribution in [0.15, 0.2) is 34.7 Å². The largest absolute Gasteiger partial charge is 0.382 e. The van der Waals surface area contributed by atoms with Gasteiger partial charge in [-0.3, -0.25) is 9.62 Å². The summed E-state index contributed by atoms with van der Waals surface area (Å²) in [6.45, 7) is 0.683. The van der Waals surface area contributed by atoms with Gasteiger partial charge in [0.2, 0.25) is 0 Å². The molecule has 3 heterocycles. The third-order valence-corrected chi connectivity index (χ3v) is 7.59. The maximum Gasteiger partial charge on any atom is 0.263 e. The van der Waals surface area contributed by atoms with Crippen molar-refractivity contribution < 1.29 is 17.2 Å². The number of rotatable bonds is 6. The van der Waals surface area contributed by atoms with Crippen molar-refractivity contribution in [3.05, 3.63) is 35.3 Å². The molecule has 4 rings (SSSR count). The van der Waals surface area contributed by atoms with Gasteiger partial charge < -0.3 is 5.32 Å². The Balaban J connectivity index is 1.53. The van der Waals surface area contributed by atoms with Crippen LogP contribution in [0.5, 0.6) is 0 Å². The second-order valence-electron chi connectivity index (χ2n) is 7.40. The quantitative estimate of drug-likeness (QED) is 0.718. The second-order valence-corrected chi connectivity index (χ2v) is 9.97. The molecule has 1 atom stereocenters. The van der Waals surface area contributed by atoms with E-state index in [0.717, 1.165) is 17.8 Å². The number of thiazole rings is 1. The van der Waals surface area contributed by atoms with E-state index in [-0.39, 0.29) is 35.1 Å². The van der Waals surface area contributed by atoms with Crippen LogP contribution >= 0.6 is 11.3 Å². The zero-order valence-corrected chi connectivity index (χ0v) is 17.0. The number of nitriles is 1. The highest BCUT2D eigenvalue weighted by Crippen LogP contribution is 2.46. The molecule has 154 valence electrons. The van der Waals surface area contributed by atoms with Gasteiger partial charge in [0.05, 0.1) is 22.7 Å². The van der Waals surface area contributed by atoms with Crippen LogP contribution in [0.2, 0.25) is 0 Å². The number of hydrogen-bond acceptors (Lipinski definition) is 7. The standard InChI is InChI=1S/C18H19F2N5O2S2/c19-18(20)10-17(4-1-6-25(17)12-18)11-23-15-3-2-14(8-13(15)9-21)29(26,27)24-16-22-5-7-28-16/h2-3,5,7-8,23H,1,4,6,10-12H2,(H,22,24). The number of aromatic nitrogens is 1. The molecule has 7 nitrogen and oxygen atoms in total. The summed E-state index contributed by atoms with van der Waals surface area (Å²) in [5.41, 5.74) is -0.0669. The summed E-state index contributed by atoms with van der Waals surface area (Å²) in [6.07, 6.45) is 2.80. The number of hydrogen-bond donors (Lipinski definition) is 2. The van der Waals surface area contributed by atoms with Crippen molar-refractivity contribution in [2.24, 2.45) is 0 Å². The van der Waals surface area contributed by atoms with Gasteiger partial charge in [0.15, 0.2) is 5.13 Å². The van der Waals surface area contributed by atoms with Crippen LogP contribution in [0.3, 0.4) is 0 Å². The molecular weight excluding hydrogens is 420 g/mol. The summed E-state index contributed by atoms with van der Waals surface area (Å²) < 4.78 is 55.2. The molecule has 2 saturated heterocycles. The Kier molecular flexibility index (Phi) is 4.96. The first-order valence-electron chi connectivity index (χ1n) is 9.06. The molecule has 0 spiro atoms. The van der Waals surface area contributed by atoms with Crippen molar-refractivity contribution in [2.75, 3.05) is 29.7 Å². The molecule has 11 heteroatoms. The maximum absolute atomic E-state index is 13.9. The third-order valence-electron chi connectivity index (χ3n) is 5.43. The molecule has 2 aliphatic rings. The normalized spacial score (nSPS) is 23.5. The lowest BCUT2D eigenvalue weighted by atomic mass is 9.92. The van der Waals surface area contributed by atoms with Gasteiger partial charge in [-0.1, -0.05) is 0 Å². The van der Waals surface area contributed by atoms with Crippen molar-refractivity contribution >= 4 is 32.2 Å². The fourth-order valence-electron chi connectivity index (χ4n) is 4.17. The maximum atomic E-state index is 13.9. The van der Waals surface area contributed by atoms with E-state index in [2.05, 4.69) is 15.0 Å². The van der Waals surface area contributed by atoms with Crippen LogP contribution in [0, 0.1) is 11.3 Å². The number of nitrogens with one attached hydrogen (secondary N) is 2. The van der Waals surface area contributed by atoms with E-state index >= 15 is 0 Å². The highest BCUT2D eigenvalue weighted by Gasteiger charge is 2.56. The minimum atomic E-state index is -3.88. The van der Waals surface area contributed by atoms with Crippen molar-refractivity contribution in [3.63, 3.8) is 0 Å². The first-order valence-corrected chi connectivity index (χ1v) is 11.4. The molecular formula is C18H19F2N5O2S2. The topological polar surface area (TPSA) is 98.1 Å². The minimum absolute atomic E-state index is 0.0668. The summed E-state index contributed by atoms with van der Waals surface area (Å²) in [6, 6.07) is 6.14. The molecule has 2 aliphatic heterocycles. The van der Waals surface area contributed by atoms with Crippen LogP contribution in [-0.4, -0.2) is 49.4 Å². The Morgan fingerprint density at radius 2 is 2.21 bits per heavy atom. The van der Waals surface area contributed by atoms with Gasteiger partial charge in [-0.25, -0.2) is 22.2 Å². The van der Waals surface area contributed by atoms with Crippen molar-refractivity contribution in [2.45, 2.75) is 35.6 Å². The Labute approximate surface area is 171 Å². The number of nitrogens with zero attached hydrogens (tertiary/aromatic N) is 3. The molecule has 0 bridgehead atoms. The van der Waals surface area contributed by atoms with Gasteiger partial charge in [-0.2, -0.15) is 5.26 Å². The van der Waals surface area contributed by atoms with Crippen LogP contribution in [0.25, 0.3) is 0 Å². The van der Waals surface area contributed by atoms with Crippen LogP contribution in [-0.2, 0) is 10.0 Å². The predicted octanol–water partition coefficient (Wildman–Crippen LogP) is 3.10. The monoisotopic (exact) mass is 439 g/mol. The number of sulfonamides is 1. The second kappa shape index (κ2) is 7.19. The SMILES string of the molecule is N#Cc1cc(S(=O)(=O)Nc2nccs2)ccc1NCC12CCCN1CC(F)(F)C2. The fourth-order valence-corrected chi connectivity index (χ4v) is 5.98. The van der Waals surface area contributed by atoms with E-state index in [1.165, 1.54) is 24.4 Å². The summed E-state index contributed by atoms with van der Waals surface area (Å²) in [5.74, 6) is -2.71. The predicted molar refractivity (Wildman–Crippen MR) is 106 cm³/mol. The Hall–Kier alpha value is -2.29. The van der Waals surface area contributed by atoms with Gasteiger partial charge in [-0.05, 0) is 37.6 Å². The highest BCUT2D eigenvalue weighted by molar-refractivity contribution is 7.93. The van der Waals surface area contributed by atoms with Crippen LogP contribution < -0.4 is 10.0 Å². The zero-order chi connectivity index (χ0) is 20.7. The summed E-state index contributed by atoms with van der Waals surface area (Å²) >= 11 is 1.14. The van der Waals surface area contributed by atoms with Crippen molar-refractivity contribution in [1.29, 1.82) is 5.26 Å². The number of fused-ring (bicyclic) bond motifs is 1. The third kappa shape index (κ3) is 3.92. The molecule has 1 aromatic carbocycles. The average molecular weight is 440 g/mol. The van der Waals surface area contributed by atoms with E-state index in [9.17, 15) is 22.5 Å². The molecule has 2 N–H and O–H groups in total. The molecule has 0 aliphatic carbocycles. The highest BCUT2D eigenvalue weighted by atomic mass is 32.2. The molecule has 2 fully saturated rings. The zero-order valence-electron chi connectivity index (χ0n) is 15.4. The van der Waals surface area contributed by atoms with Gasteiger partial charge in [-0.15, -0.1) is 11.3 Å². The minimum Gasteiger partial charge on any atom is -0.382 e. The lowest BCUT2D eigenvalue weighted by Crippen LogP contribution is -2.44. The number of alkyl halides is 2. The summed E-state index contributed by atoms with van der Waals surface area (Å²) in [7, 11) is -3.88. The smallest absolute Gasteiger partial charge is 0.263 e. The van der Waals surface area contributed by atoms with Crippen LogP contribution in [0.4, 0.5) is 19.6 Å². The van der Waals surface area contributed by atoms with Crippen molar-refractivity contribution in [1.82, 2.24) is 9.88 Å². The molecule has 1 aromatic heterocycles. The van der Waals surface area contributed by atoms with Gasteiger partial charge in [0.1, 0.15) is 6.07 Å². The molecule has 0 saturated carbocycles. The average Bonchev–Trinajstić information content (AvgIpc) is 3.34. The number of benzene rings is 1. The van der Waals surface area contributed by atoms with Crippen molar-refractivity contribution in [3.8, 4) is 6.07 Å². The van der Waals surface area contributed by atoms with Gasteiger partial charge in [0.25, 0.3) is 15.9 Å². The molecule has 1 unspecified atom stereocenters. The summed E-state index contributed by atoms with van der Waals surface area (Å²) in [5, 5.41) is 14.5. The van der Waals surface area contributed by atoms with E-state index in [1.54, 1.807) is 5.38 Å². The summed E-state index contributed by atoms with van der Waals surface area (Å²) in [4.78, 5) is 5.64. The number of anilines is 2. The first-order chi connectivity index (χ1) is 13.7. The van der Waals surface area contributed by atoms with Gasteiger partial charge in [0, 0.05) is 30.1 Å². The first kappa shape index (κ1) is 20.0. The van der Waals surface area contributed by atoms with Crippen LogP contribution in [0.1, 0.15) is 24.8 Å². The van der Waals surface area contributed by atoms with Gasteiger partial charge >= 0.3 is 0 Å². The fraction of sp³-hybridized carbons (Fsp3) is 0.444.